The molecule has 0 amide bonds. The summed E-state index contributed by atoms with van der Waals surface area (Å²) in [5, 5.41) is 25.7. The SMILES string of the molecule is C[Si](c1ccccc1)(c1ccccc1)C(O)[C@@H](OCc1ccccc1)[C@@H](OCc1ccccc1)[C@@H](CO)OCc1ccccc1. The predicted molar refractivity (Wildman–Crippen MR) is 182 cm³/mol. The standard InChI is InChI=1S/C39H42O5Si/c1-45(34-23-13-5-14-24-34,35-25-15-6-16-26-35)39(41)38(44-30-33-21-11-4-12-22-33)37(43-29-32-19-9-3-10-20-32)36(27-40)42-28-31-17-7-2-8-18-31/h2-26,36-41H,27-30H2,1H3/t36-,37+,38+,39?/m1/s1. The van der Waals surface area contributed by atoms with Gasteiger partial charge in [-0.05, 0) is 16.7 Å². The first-order valence-electron chi connectivity index (χ1n) is 15.5. The molecule has 0 saturated carbocycles. The third kappa shape index (κ3) is 8.44. The Labute approximate surface area is 267 Å². The fraction of sp³-hybridized carbons (Fsp3) is 0.231. The van der Waals surface area contributed by atoms with Crippen LogP contribution in [-0.4, -0.2) is 48.9 Å². The van der Waals surface area contributed by atoms with Gasteiger partial charge in [0.1, 0.15) is 26.4 Å². The second-order valence-electron chi connectivity index (χ2n) is 11.4. The van der Waals surface area contributed by atoms with Gasteiger partial charge in [0.25, 0.3) is 0 Å². The second-order valence-corrected chi connectivity index (χ2v) is 15.6. The van der Waals surface area contributed by atoms with Gasteiger partial charge in [-0.3, -0.25) is 0 Å². The molecular formula is C39H42O5Si. The summed E-state index contributed by atoms with van der Waals surface area (Å²) in [6.45, 7) is 2.68. The minimum absolute atomic E-state index is 0.263. The lowest BCUT2D eigenvalue weighted by Crippen LogP contribution is -2.70. The highest BCUT2D eigenvalue weighted by atomic mass is 28.3. The number of hydrogen-bond donors (Lipinski definition) is 2. The van der Waals surface area contributed by atoms with Gasteiger partial charge < -0.3 is 24.4 Å². The zero-order valence-electron chi connectivity index (χ0n) is 25.7. The van der Waals surface area contributed by atoms with E-state index < -0.39 is 32.1 Å². The molecule has 0 bridgehead atoms. The van der Waals surface area contributed by atoms with Gasteiger partial charge >= 0.3 is 0 Å². The van der Waals surface area contributed by atoms with E-state index in [4.69, 9.17) is 14.2 Å². The third-order valence-corrected chi connectivity index (χ3v) is 13.0. The number of aliphatic hydroxyl groups is 2. The lowest BCUT2D eigenvalue weighted by atomic mass is 10.1. The van der Waals surface area contributed by atoms with Crippen molar-refractivity contribution in [3.63, 3.8) is 0 Å². The molecule has 0 aliphatic heterocycles. The minimum Gasteiger partial charge on any atom is -0.394 e. The molecule has 232 valence electrons. The molecule has 0 aliphatic carbocycles. The molecule has 45 heavy (non-hydrogen) atoms. The molecule has 0 saturated heterocycles. The average molecular weight is 619 g/mol. The molecule has 5 rings (SSSR count). The number of ether oxygens (including phenoxy) is 3. The molecule has 1 unspecified atom stereocenters. The summed E-state index contributed by atoms with van der Waals surface area (Å²) in [5.41, 5.74) is 1.98. The van der Waals surface area contributed by atoms with Crippen LogP contribution >= 0.6 is 0 Å². The summed E-state index contributed by atoms with van der Waals surface area (Å²) in [7, 11) is -2.91. The first-order valence-corrected chi connectivity index (χ1v) is 18.0. The lowest BCUT2D eigenvalue weighted by molar-refractivity contribution is -0.177. The molecule has 0 fully saturated rings. The van der Waals surface area contributed by atoms with Gasteiger partial charge in [-0.2, -0.15) is 0 Å². The van der Waals surface area contributed by atoms with Crippen molar-refractivity contribution in [2.75, 3.05) is 6.61 Å². The van der Waals surface area contributed by atoms with Crippen LogP contribution in [0.25, 0.3) is 0 Å². The molecule has 5 aromatic carbocycles. The van der Waals surface area contributed by atoms with Gasteiger partial charge in [0.15, 0.2) is 0 Å². The molecule has 0 heterocycles. The molecule has 0 radical (unpaired) electrons. The first kappa shape index (κ1) is 32.5. The van der Waals surface area contributed by atoms with Crippen LogP contribution in [0.1, 0.15) is 16.7 Å². The van der Waals surface area contributed by atoms with Gasteiger partial charge in [0, 0.05) is 0 Å². The minimum atomic E-state index is -2.91. The monoisotopic (exact) mass is 618 g/mol. The Morgan fingerprint density at radius 3 is 1.20 bits per heavy atom. The number of benzene rings is 5. The van der Waals surface area contributed by atoms with Gasteiger partial charge in [0.05, 0.1) is 32.2 Å². The molecule has 0 aliphatic rings. The van der Waals surface area contributed by atoms with Crippen LogP contribution < -0.4 is 10.4 Å². The van der Waals surface area contributed by atoms with Crippen molar-refractivity contribution < 1.29 is 24.4 Å². The van der Waals surface area contributed by atoms with E-state index in [2.05, 4.69) is 30.8 Å². The van der Waals surface area contributed by atoms with Crippen LogP contribution in [0.2, 0.25) is 6.55 Å². The Bertz CT molecular complexity index is 1480. The van der Waals surface area contributed by atoms with E-state index >= 15 is 0 Å². The van der Waals surface area contributed by atoms with Crippen LogP contribution in [0.4, 0.5) is 0 Å². The van der Waals surface area contributed by atoms with Crippen molar-refractivity contribution in [2.45, 2.75) is 50.4 Å². The molecule has 5 aromatic rings. The number of hydrogen-bond acceptors (Lipinski definition) is 5. The summed E-state index contributed by atoms with van der Waals surface area (Å²) >= 11 is 0. The molecular weight excluding hydrogens is 577 g/mol. The van der Waals surface area contributed by atoms with E-state index in [1.54, 1.807) is 0 Å². The van der Waals surface area contributed by atoms with Gasteiger partial charge in [0.2, 0.25) is 0 Å². The van der Waals surface area contributed by atoms with Gasteiger partial charge in [-0.1, -0.05) is 169 Å². The van der Waals surface area contributed by atoms with Crippen molar-refractivity contribution in [1.82, 2.24) is 0 Å². The predicted octanol–water partition coefficient (Wildman–Crippen LogP) is 5.53. The molecule has 5 nitrogen and oxygen atoms in total. The normalized spacial score (nSPS) is 14.4. The van der Waals surface area contributed by atoms with Crippen molar-refractivity contribution in [1.29, 1.82) is 0 Å². The molecule has 0 spiro atoms. The number of aliphatic hydroxyl groups excluding tert-OH is 2. The Morgan fingerprint density at radius 2 is 0.822 bits per heavy atom. The second kappa shape index (κ2) is 16.4. The van der Waals surface area contributed by atoms with E-state index in [1.807, 2.05) is 127 Å². The fourth-order valence-corrected chi connectivity index (χ4v) is 9.48. The first-order chi connectivity index (χ1) is 22.1. The van der Waals surface area contributed by atoms with E-state index in [9.17, 15) is 10.2 Å². The average Bonchev–Trinajstić information content (AvgIpc) is 3.12. The topological polar surface area (TPSA) is 68.2 Å². The highest BCUT2D eigenvalue weighted by molar-refractivity contribution is 7.02. The molecule has 4 atom stereocenters. The summed E-state index contributed by atoms with van der Waals surface area (Å²) in [5.74, 6) is 0. The highest BCUT2D eigenvalue weighted by Gasteiger charge is 2.48. The van der Waals surface area contributed by atoms with E-state index in [-0.39, 0.29) is 26.4 Å². The van der Waals surface area contributed by atoms with E-state index in [1.165, 1.54) is 0 Å². The highest BCUT2D eigenvalue weighted by Crippen LogP contribution is 2.26. The van der Waals surface area contributed by atoms with E-state index in [0.29, 0.717) is 0 Å². The third-order valence-electron chi connectivity index (χ3n) is 8.40. The summed E-state index contributed by atoms with van der Waals surface area (Å²) in [4.78, 5) is 0. The fourth-order valence-electron chi connectivity index (χ4n) is 5.75. The van der Waals surface area contributed by atoms with Gasteiger partial charge in [-0.25, -0.2) is 0 Å². The van der Waals surface area contributed by atoms with Crippen molar-refractivity contribution in [3.8, 4) is 0 Å². The lowest BCUT2D eigenvalue weighted by Gasteiger charge is -2.42. The maximum atomic E-state index is 12.7. The Kier molecular flexibility index (Phi) is 11.9. The van der Waals surface area contributed by atoms with Gasteiger partial charge in [-0.15, -0.1) is 0 Å². The largest absolute Gasteiger partial charge is 0.394 e. The van der Waals surface area contributed by atoms with Crippen molar-refractivity contribution in [3.05, 3.63) is 168 Å². The quantitative estimate of drug-likeness (QED) is 0.143. The smallest absolute Gasteiger partial charge is 0.149 e. The zero-order valence-corrected chi connectivity index (χ0v) is 26.7. The van der Waals surface area contributed by atoms with Crippen molar-refractivity contribution >= 4 is 18.4 Å². The molecule has 0 aromatic heterocycles. The summed E-state index contributed by atoms with van der Waals surface area (Å²) in [6, 6.07) is 50.1. The Balaban J connectivity index is 1.56. The van der Waals surface area contributed by atoms with Crippen LogP contribution in [0.15, 0.2) is 152 Å². The maximum absolute atomic E-state index is 12.7. The molecule has 6 heteroatoms. The van der Waals surface area contributed by atoms with Crippen molar-refractivity contribution in [2.24, 2.45) is 0 Å². The number of rotatable bonds is 16. The maximum Gasteiger partial charge on any atom is 0.149 e. The Hall–Kier alpha value is -3.88. The Morgan fingerprint density at radius 1 is 0.489 bits per heavy atom. The zero-order chi connectivity index (χ0) is 31.3. The summed E-state index contributed by atoms with van der Waals surface area (Å²) < 4.78 is 19.8. The van der Waals surface area contributed by atoms with E-state index in [0.717, 1.165) is 27.1 Å². The summed E-state index contributed by atoms with van der Waals surface area (Å²) in [6.07, 6.45) is -2.40. The van der Waals surface area contributed by atoms with Crippen LogP contribution in [0.3, 0.4) is 0 Å². The van der Waals surface area contributed by atoms with Crippen LogP contribution in [0.5, 0.6) is 0 Å². The molecule has 2 N–H and O–H groups in total. The van der Waals surface area contributed by atoms with Crippen LogP contribution in [-0.2, 0) is 34.0 Å². The van der Waals surface area contributed by atoms with Crippen LogP contribution in [0, 0.1) is 0 Å².